The second-order valence-corrected chi connectivity index (χ2v) is 35.1. The van der Waals surface area contributed by atoms with Crippen LogP contribution in [0.2, 0.25) is 0 Å². The van der Waals surface area contributed by atoms with Crippen LogP contribution in [-0.2, 0) is 74.0 Å². The average Bonchev–Trinajstić information content (AvgIpc) is 1.58. The van der Waals surface area contributed by atoms with E-state index >= 15 is 0 Å². The maximum atomic E-state index is 5.41. The first kappa shape index (κ1) is 90.0. The molecule has 9 heterocycles. The second kappa shape index (κ2) is 39.1. The molecule has 9 aromatic heterocycles. The minimum Gasteiger partial charge on any atom is -0.656 e. The van der Waals surface area contributed by atoms with E-state index in [-0.39, 0.29) is 74.0 Å². The number of nitrogens with zero attached hydrogens (tertiary/aromatic N) is 9. The van der Waals surface area contributed by atoms with Crippen molar-refractivity contribution in [2.24, 2.45) is 0 Å². The SMILES string of the molecule is CC(C)(C)c1cc(-c2ccccn2)c2[n-]c3c(-c4cccc(-c5[c-]ccc(-c6ccccc6)c5)n4)cc(C(C)(C)C)cc3c2c1.[Pt+2].[Pt+2].[Pt+2].[c-]1ccc(-c2ccccc2)cc1-c1cccc(-c2cc(-c3ccccc3)cc3c2[n-]c2c(-c4ccccn4)cc(-c4ccccc4)cc23)n1.[c-]1ccc(-c2ccccc2)cc1-c1cccc(-c2cccc3c2[n-]c2c(-c4ccccn4)cccc23)n1. The van der Waals surface area contributed by atoms with Crippen LogP contribution in [0.25, 0.3) is 222 Å². The van der Waals surface area contributed by atoms with Gasteiger partial charge in [-0.25, -0.2) is 0 Å². The van der Waals surface area contributed by atoms with Crippen LogP contribution < -0.4 is 15.0 Å². The minimum absolute atomic E-state index is 0. The van der Waals surface area contributed by atoms with Gasteiger partial charge in [0.25, 0.3) is 0 Å². The zero-order chi connectivity index (χ0) is 88.5. The summed E-state index contributed by atoms with van der Waals surface area (Å²) in [6, 6.07) is 149. The molecule has 0 aliphatic rings. The van der Waals surface area contributed by atoms with Crippen LogP contribution in [0.4, 0.5) is 0 Å². The van der Waals surface area contributed by atoms with Gasteiger partial charge in [-0.2, -0.15) is 0 Å². The number of hydrogen-bond acceptors (Lipinski definition) is 6. The molecule has 23 rings (SSSR count). The van der Waals surface area contributed by atoms with Crippen molar-refractivity contribution >= 4 is 65.4 Å². The van der Waals surface area contributed by atoms with E-state index in [0.29, 0.717) is 0 Å². The normalized spacial score (nSPS) is 11.3. The van der Waals surface area contributed by atoms with Crippen LogP contribution in [0.5, 0.6) is 0 Å². The van der Waals surface area contributed by atoms with E-state index in [4.69, 9.17) is 39.9 Å². The molecule has 0 bridgehead atoms. The molecular formula is C122H87N9Pt3. The molecule has 12 heteroatoms. The molecule has 0 atom stereocenters. The third-order valence-electron chi connectivity index (χ3n) is 24.5. The number of rotatable bonds is 14. The van der Waals surface area contributed by atoms with Gasteiger partial charge < -0.3 is 15.0 Å². The largest absolute Gasteiger partial charge is 2.00 e. The van der Waals surface area contributed by atoms with Gasteiger partial charge in [-0.05, 0) is 223 Å². The fraction of sp³-hybridized carbons (Fsp3) is 0.0656. The molecule has 0 unspecified atom stereocenters. The van der Waals surface area contributed by atoms with Gasteiger partial charge in [0.1, 0.15) is 0 Å². The molecule has 0 fully saturated rings. The summed E-state index contributed by atoms with van der Waals surface area (Å²) >= 11 is 0. The van der Waals surface area contributed by atoms with Gasteiger partial charge in [0, 0.05) is 18.6 Å². The van der Waals surface area contributed by atoms with E-state index in [1.807, 2.05) is 104 Å². The van der Waals surface area contributed by atoms with E-state index in [9.17, 15) is 0 Å². The van der Waals surface area contributed by atoms with Gasteiger partial charge in [0.15, 0.2) is 0 Å². The summed E-state index contributed by atoms with van der Waals surface area (Å²) in [5.41, 5.74) is 36.7. The zero-order valence-electron chi connectivity index (χ0n) is 74.3. The van der Waals surface area contributed by atoms with Crippen LogP contribution in [0.15, 0.2) is 419 Å². The number of para-hydroxylation sites is 2. The van der Waals surface area contributed by atoms with E-state index < -0.39 is 0 Å². The number of aromatic nitrogens is 9. The van der Waals surface area contributed by atoms with Crippen molar-refractivity contribution in [1.82, 2.24) is 44.9 Å². The third kappa shape index (κ3) is 18.5. The Morgan fingerprint density at radius 2 is 0.448 bits per heavy atom. The average molecular weight is 2260 g/mol. The van der Waals surface area contributed by atoms with Crippen molar-refractivity contribution in [2.75, 3.05) is 0 Å². The summed E-state index contributed by atoms with van der Waals surface area (Å²) in [4.78, 5) is 45.6. The Morgan fingerprint density at radius 3 is 0.776 bits per heavy atom. The van der Waals surface area contributed by atoms with Gasteiger partial charge in [0.05, 0.1) is 34.2 Å². The molecule has 0 spiro atoms. The quantitative estimate of drug-likeness (QED) is 0.0980. The Kier molecular flexibility index (Phi) is 26.3. The smallest absolute Gasteiger partial charge is 0.656 e. The molecule has 23 aromatic rings. The summed E-state index contributed by atoms with van der Waals surface area (Å²) in [6.07, 6.45) is 5.52. The summed E-state index contributed by atoms with van der Waals surface area (Å²) in [5.74, 6) is 0. The second-order valence-electron chi connectivity index (χ2n) is 35.1. The first-order chi connectivity index (χ1) is 64.2. The molecule has 0 saturated carbocycles. The molecular weight excluding hydrogens is 2180 g/mol. The first-order valence-corrected chi connectivity index (χ1v) is 44.4. The molecule has 0 amide bonds. The van der Waals surface area contributed by atoms with E-state index in [1.54, 1.807) is 0 Å². The van der Waals surface area contributed by atoms with Crippen molar-refractivity contribution in [3.05, 3.63) is 448 Å². The Morgan fingerprint density at radius 1 is 0.194 bits per heavy atom. The van der Waals surface area contributed by atoms with Crippen LogP contribution in [0.1, 0.15) is 52.7 Å². The Bertz CT molecular complexity index is 8140. The Hall–Kier alpha value is -14.6. The molecule has 0 saturated heterocycles. The maximum absolute atomic E-state index is 5.41. The predicted molar refractivity (Wildman–Crippen MR) is 541 cm³/mol. The zero-order valence-corrected chi connectivity index (χ0v) is 81.1. The van der Waals surface area contributed by atoms with E-state index in [2.05, 4.69) is 380 Å². The van der Waals surface area contributed by atoms with Crippen molar-refractivity contribution in [3.8, 4) is 157 Å². The summed E-state index contributed by atoms with van der Waals surface area (Å²) < 4.78 is 0. The van der Waals surface area contributed by atoms with Crippen LogP contribution in [0.3, 0.4) is 0 Å². The maximum Gasteiger partial charge on any atom is 2.00 e. The monoisotopic (exact) mass is 2260 g/mol. The van der Waals surface area contributed by atoms with Gasteiger partial charge in [0.2, 0.25) is 0 Å². The number of pyridine rings is 6. The number of benzene rings is 14. The Labute approximate surface area is 823 Å². The standard InChI is InChI=1S/C46H29N3.C42H37N3.C34H21N3.3Pt/c1-4-14-31(15-5-1)34-20-12-21-35(26-34)42-23-13-24-44(48-42)41-30-37(33-18-8-3-9-19-33)28-39-38-27-36(32-16-6-2-7-17-32)29-40(45(38)49-46(39)41)43-22-10-11-25-47-43;1-41(2,3)30-23-32-33-24-31(42(4,5)6)26-35(40(33)45-39(32)34(25-30)37-18-10-11-21-43-37)38-20-13-19-36(44-38)29-17-12-16-28(22-29)27-14-8-7-9-15-27;1-2-10-23(11-3-1)24-12-6-13-25(22-24)30-19-9-20-32(36-30)29-17-8-15-27-26-14-7-16-28(33(26)37-34(27)29)31-18-4-5-21-35-31;;;/h1-20,22-30H;7-16,18-26H,1-6H3;1-12,14-22H;;;/q3*-2;3*+2. The minimum atomic E-state index is -0.0621. The van der Waals surface area contributed by atoms with Crippen LogP contribution in [0, 0.1) is 18.2 Å². The number of fused-ring (bicyclic) bond motifs is 9. The summed E-state index contributed by atoms with van der Waals surface area (Å²) in [5, 5.41) is 6.74. The van der Waals surface area contributed by atoms with Crippen molar-refractivity contribution in [2.45, 2.75) is 52.4 Å². The number of hydrogen-bond donors (Lipinski definition) is 0. The first-order valence-electron chi connectivity index (χ1n) is 44.4. The fourth-order valence-electron chi connectivity index (χ4n) is 17.6. The topological polar surface area (TPSA) is 120 Å². The molecule has 0 aliphatic heterocycles. The molecule has 14 aromatic carbocycles. The van der Waals surface area contributed by atoms with Gasteiger partial charge in [-0.3, -0.25) is 29.9 Å². The van der Waals surface area contributed by atoms with Crippen LogP contribution >= 0.6 is 0 Å². The molecule has 650 valence electrons. The van der Waals surface area contributed by atoms with Gasteiger partial charge in [-0.15, -0.1) is 139 Å². The molecule has 0 N–H and O–H groups in total. The molecule has 0 aliphatic carbocycles. The summed E-state index contributed by atoms with van der Waals surface area (Å²) in [7, 11) is 0. The van der Waals surface area contributed by atoms with Crippen molar-refractivity contribution in [1.29, 1.82) is 0 Å². The third-order valence-corrected chi connectivity index (χ3v) is 24.5. The predicted octanol–water partition coefficient (Wildman–Crippen LogP) is 30.5. The fourth-order valence-corrected chi connectivity index (χ4v) is 17.6. The van der Waals surface area contributed by atoms with Gasteiger partial charge in [-0.1, -0.05) is 308 Å². The van der Waals surface area contributed by atoms with Crippen molar-refractivity contribution < 1.29 is 63.2 Å². The van der Waals surface area contributed by atoms with Gasteiger partial charge >= 0.3 is 63.2 Å². The van der Waals surface area contributed by atoms with E-state index in [1.165, 1.54) is 22.3 Å². The molecule has 0 radical (unpaired) electrons. The summed E-state index contributed by atoms with van der Waals surface area (Å²) in [6.45, 7) is 13.6. The van der Waals surface area contributed by atoms with E-state index in [0.717, 1.165) is 211 Å². The van der Waals surface area contributed by atoms with Crippen molar-refractivity contribution in [3.63, 3.8) is 0 Å². The Balaban J connectivity index is 0.000000134. The van der Waals surface area contributed by atoms with Crippen LogP contribution in [-0.4, -0.2) is 29.9 Å². The molecule has 9 nitrogen and oxygen atoms in total. The molecule has 134 heavy (non-hydrogen) atoms.